The largest absolute Gasteiger partial charge is 0.476 e. The molecule has 1 N–H and O–H groups in total. The molecule has 0 amide bonds. The zero-order valence-corrected chi connectivity index (χ0v) is 12.9. The maximum atomic E-state index is 13.5. The Kier molecular flexibility index (Phi) is 4.32. The zero-order chi connectivity index (χ0) is 14.8. The number of hydrogen-bond acceptors (Lipinski definition) is 5. The van der Waals surface area contributed by atoms with E-state index < -0.39 is 5.97 Å². The number of aromatic nitrogens is 1. The van der Waals surface area contributed by atoms with Crippen LogP contribution in [-0.4, -0.2) is 34.0 Å². The average molecular weight is 326 g/mol. The van der Waals surface area contributed by atoms with Crippen LogP contribution in [0, 0.1) is 5.82 Å². The summed E-state index contributed by atoms with van der Waals surface area (Å²) in [7, 11) is 0. The lowest BCUT2D eigenvalue weighted by Crippen LogP contribution is -2.34. The predicted octanol–water partition coefficient (Wildman–Crippen LogP) is 3.42. The number of piperidine rings is 1. The third-order valence-electron chi connectivity index (χ3n) is 3.68. The maximum Gasteiger partial charge on any atom is 0.355 e. The highest BCUT2D eigenvalue weighted by atomic mass is 32.1. The monoisotopic (exact) mass is 326 g/mol. The minimum Gasteiger partial charge on any atom is -0.476 e. The first-order chi connectivity index (χ1) is 10.1. The van der Waals surface area contributed by atoms with Gasteiger partial charge in [0.25, 0.3) is 0 Å². The van der Waals surface area contributed by atoms with Gasteiger partial charge in [-0.05, 0) is 24.8 Å². The highest BCUT2D eigenvalue weighted by Crippen LogP contribution is 2.30. The number of hydrogen-bond donors (Lipinski definition) is 1. The van der Waals surface area contributed by atoms with Gasteiger partial charge in [0.15, 0.2) is 5.69 Å². The Morgan fingerprint density at radius 1 is 1.48 bits per heavy atom. The Labute approximate surface area is 129 Å². The molecule has 2 aromatic heterocycles. The van der Waals surface area contributed by atoms with Gasteiger partial charge in [0.05, 0.1) is 5.01 Å². The first kappa shape index (κ1) is 14.6. The zero-order valence-electron chi connectivity index (χ0n) is 11.3. The molecule has 4 nitrogen and oxygen atoms in total. The van der Waals surface area contributed by atoms with Crippen LogP contribution in [0.4, 0.5) is 4.39 Å². The number of carbonyl (C=O) groups is 1. The fourth-order valence-electron chi connectivity index (χ4n) is 2.64. The Bertz CT molecular complexity index is 640. The maximum absolute atomic E-state index is 13.5. The molecule has 2 aromatic rings. The van der Waals surface area contributed by atoms with E-state index in [1.807, 2.05) is 5.38 Å². The number of halogens is 1. The van der Waals surface area contributed by atoms with E-state index in [9.17, 15) is 9.18 Å². The summed E-state index contributed by atoms with van der Waals surface area (Å²) in [6.07, 6.45) is 2.04. The van der Waals surface area contributed by atoms with Crippen molar-refractivity contribution in [3.8, 4) is 0 Å². The quantitative estimate of drug-likeness (QED) is 0.935. The van der Waals surface area contributed by atoms with Gasteiger partial charge in [0.1, 0.15) is 5.82 Å². The van der Waals surface area contributed by atoms with Gasteiger partial charge in [-0.15, -0.1) is 22.7 Å². The number of rotatable bonds is 4. The van der Waals surface area contributed by atoms with Crippen molar-refractivity contribution in [1.82, 2.24) is 9.88 Å². The van der Waals surface area contributed by atoms with Crippen molar-refractivity contribution in [1.29, 1.82) is 0 Å². The van der Waals surface area contributed by atoms with E-state index in [0.29, 0.717) is 6.54 Å². The molecular weight excluding hydrogens is 311 g/mol. The van der Waals surface area contributed by atoms with Crippen molar-refractivity contribution in [2.75, 3.05) is 13.1 Å². The summed E-state index contributed by atoms with van der Waals surface area (Å²) in [6, 6.07) is 0. The molecule has 0 saturated carbocycles. The molecule has 0 bridgehead atoms. The highest BCUT2D eigenvalue weighted by Gasteiger charge is 2.25. The van der Waals surface area contributed by atoms with Gasteiger partial charge in [-0.25, -0.2) is 14.2 Å². The molecule has 1 unspecified atom stereocenters. The van der Waals surface area contributed by atoms with Crippen LogP contribution in [0.25, 0.3) is 0 Å². The highest BCUT2D eigenvalue weighted by molar-refractivity contribution is 7.10. The SMILES string of the molecule is O=C(O)c1csc(C2CCCN(Cc3cscc3F)C2)n1. The second kappa shape index (κ2) is 6.21. The van der Waals surface area contributed by atoms with Crippen LogP contribution in [0.5, 0.6) is 0 Å². The molecule has 1 saturated heterocycles. The van der Waals surface area contributed by atoms with Gasteiger partial charge in [0, 0.05) is 35.3 Å². The molecule has 3 heterocycles. The van der Waals surface area contributed by atoms with Crippen molar-refractivity contribution in [2.24, 2.45) is 0 Å². The summed E-state index contributed by atoms with van der Waals surface area (Å²) in [5.41, 5.74) is 0.863. The third-order valence-corrected chi connectivity index (χ3v) is 5.45. The van der Waals surface area contributed by atoms with E-state index in [1.165, 1.54) is 28.1 Å². The fourth-order valence-corrected chi connectivity index (χ4v) is 4.25. The Hall–Kier alpha value is -1.31. The number of nitrogens with zero attached hydrogens (tertiary/aromatic N) is 2. The predicted molar refractivity (Wildman–Crippen MR) is 80.6 cm³/mol. The van der Waals surface area contributed by atoms with Crippen LogP contribution in [0.15, 0.2) is 16.1 Å². The first-order valence-corrected chi connectivity index (χ1v) is 8.57. The van der Waals surface area contributed by atoms with E-state index in [4.69, 9.17) is 5.11 Å². The Balaban J connectivity index is 1.67. The molecule has 1 atom stereocenters. The normalized spacial score (nSPS) is 19.8. The number of thiophene rings is 1. The molecule has 1 aliphatic heterocycles. The minimum absolute atomic E-state index is 0.121. The van der Waals surface area contributed by atoms with Crippen molar-refractivity contribution in [2.45, 2.75) is 25.3 Å². The van der Waals surface area contributed by atoms with Gasteiger partial charge in [-0.2, -0.15) is 0 Å². The van der Waals surface area contributed by atoms with E-state index in [-0.39, 0.29) is 17.4 Å². The van der Waals surface area contributed by atoms with Crippen molar-refractivity contribution in [3.63, 3.8) is 0 Å². The molecule has 0 spiro atoms. The van der Waals surface area contributed by atoms with E-state index in [1.54, 1.807) is 5.38 Å². The number of carboxylic acid groups (broad SMARTS) is 1. The summed E-state index contributed by atoms with van der Waals surface area (Å²) in [4.78, 5) is 17.3. The summed E-state index contributed by atoms with van der Waals surface area (Å²) in [5, 5.41) is 14.8. The molecule has 0 aliphatic carbocycles. The molecule has 3 rings (SSSR count). The second-order valence-corrected chi connectivity index (χ2v) is 6.83. The topological polar surface area (TPSA) is 53.4 Å². The summed E-state index contributed by atoms with van der Waals surface area (Å²) < 4.78 is 13.5. The summed E-state index contributed by atoms with van der Waals surface area (Å²) >= 11 is 2.79. The van der Waals surface area contributed by atoms with Gasteiger partial charge < -0.3 is 5.11 Å². The lowest BCUT2D eigenvalue weighted by molar-refractivity contribution is 0.0691. The standard InChI is InChI=1S/C14H15FN2O2S2/c15-11-7-20-6-10(11)5-17-3-1-2-9(4-17)13-16-12(8-21-13)14(18)19/h6-9H,1-5H2,(H,18,19). The Morgan fingerprint density at radius 3 is 3.00 bits per heavy atom. The number of thiazole rings is 1. The van der Waals surface area contributed by atoms with Crippen molar-refractivity contribution < 1.29 is 14.3 Å². The minimum atomic E-state index is -0.981. The van der Waals surface area contributed by atoms with Gasteiger partial charge >= 0.3 is 5.97 Å². The van der Waals surface area contributed by atoms with Crippen LogP contribution < -0.4 is 0 Å². The Morgan fingerprint density at radius 2 is 2.33 bits per heavy atom. The summed E-state index contributed by atoms with van der Waals surface area (Å²) in [5.74, 6) is -0.867. The van der Waals surface area contributed by atoms with E-state index in [2.05, 4.69) is 9.88 Å². The third kappa shape index (κ3) is 3.30. The van der Waals surface area contributed by atoms with Crippen LogP contribution in [0.3, 0.4) is 0 Å². The van der Waals surface area contributed by atoms with Crippen LogP contribution >= 0.6 is 22.7 Å². The molecule has 7 heteroatoms. The molecule has 0 radical (unpaired) electrons. The van der Waals surface area contributed by atoms with Crippen LogP contribution in [0.1, 0.15) is 39.8 Å². The van der Waals surface area contributed by atoms with Gasteiger partial charge in [-0.1, -0.05) is 0 Å². The van der Waals surface area contributed by atoms with Crippen molar-refractivity contribution >= 4 is 28.6 Å². The lowest BCUT2D eigenvalue weighted by atomic mass is 9.98. The van der Waals surface area contributed by atoms with E-state index in [0.717, 1.165) is 36.5 Å². The molecule has 1 fully saturated rings. The lowest BCUT2D eigenvalue weighted by Gasteiger charge is -2.31. The van der Waals surface area contributed by atoms with E-state index >= 15 is 0 Å². The average Bonchev–Trinajstić information content (AvgIpc) is 3.09. The fraction of sp³-hybridized carbons (Fsp3) is 0.429. The van der Waals surface area contributed by atoms with Gasteiger partial charge in [-0.3, -0.25) is 4.90 Å². The second-order valence-electron chi connectivity index (χ2n) is 5.20. The smallest absolute Gasteiger partial charge is 0.355 e. The van der Waals surface area contributed by atoms with Crippen LogP contribution in [-0.2, 0) is 6.54 Å². The molecule has 0 aromatic carbocycles. The molecular formula is C14H15FN2O2S2. The molecule has 21 heavy (non-hydrogen) atoms. The van der Waals surface area contributed by atoms with Gasteiger partial charge in [0.2, 0.25) is 0 Å². The van der Waals surface area contributed by atoms with Crippen molar-refractivity contribution in [3.05, 3.63) is 38.2 Å². The van der Waals surface area contributed by atoms with Crippen LogP contribution in [0.2, 0.25) is 0 Å². The number of aromatic carboxylic acids is 1. The number of likely N-dealkylation sites (tertiary alicyclic amines) is 1. The molecule has 1 aliphatic rings. The molecule has 112 valence electrons. The summed E-state index contributed by atoms with van der Waals surface area (Å²) in [6.45, 7) is 2.37. The first-order valence-electron chi connectivity index (χ1n) is 6.75. The number of carboxylic acids is 1.